The van der Waals surface area contributed by atoms with Crippen molar-refractivity contribution < 1.29 is 4.79 Å². The van der Waals surface area contributed by atoms with E-state index in [2.05, 4.69) is 14.9 Å². The van der Waals surface area contributed by atoms with Crippen LogP contribution in [0, 0.1) is 13.8 Å². The summed E-state index contributed by atoms with van der Waals surface area (Å²) in [5, 5.41) is 0. The molecule has 1 aromatic rings. The van der Waals surface area contributed by atoms with E-state index in [-0.39, 0.29) is 11.9 Å². The van der Waals surface area contributed by atoms with Crippen molar-refractivity contribution in [1.82, 2.24) is 14.9 Å². The molecule has 1 atom stereocenters. The van der Waals surface area contributed by atoms with Crippen molar-refractivity contribution in [2.24, 2.45) is 5.73 Å². The minimum absolute atomic E-state index is 0.129. The van der Waals surface area contributed by atoms with Gasteiger partial charge < -0.3 is 5.73 Å². The second kappa shape index (κ2) is 5.44. The number of aryl methyl sites for hydroxylation is 2. The lowest BCUT2D eigenvalue weighted by Gasteiger charge is -2.33. The zero-order valence-corrected chi connectivity index (χ0v) is 11.0. The van der Waals surface area contributed by atoms with Gasteiger partial charge in [-0.3, -0.25) is 9.69 Å². The molecule has 0 saturated carbocycles. The Bertz CT molecular complexity index is 426. The van der Waals surface area contributed by atoms with Gasteiger partial charge in [0, 0.05) is 11.4 Å². The Labute approximate surface area is 107 Å². The third-order valence-corrected chi connectivity index (χ3v) is 3.27. The second-order valence-electron chi connectivity index (χ2n) is 4.96. The van der Waals surface area contributed by atoms with Crippen molar-refractivity contribution in [3.63, 3.8) is 0 Å². The number of aromatic nitrogens is 2. The van der Waals surface area contributed by atoms with E-state index in [1.165, 1.54) is 0 Å². The maximum atomic E-state index is 11.1. The summed E-state index contributed by atoms with van der Waals surface area (Å²) >= 11 is 0. The summed E-state index contributed by atoms with van der Waals surface area (Å²) < 4.78 is 0. The quantitative estimate of drug-likeness (QED) is 0.869. The number of carbonyl (C=O) groups excluding carboxylic acids is 1. The fourth-order valence-electron chi connectivity index (χ4n) is 2.58. The maximum absolute atomic E-state index is 11.1. The van der Waals surface area contributed by atoms with Crippen LogP contribution in [0.5, 0.6) is 0 Å². The van der Waals surface area contributed by atoms with Gasteiger partial charge in [-0.25, -0.2) is 9.97 Å². The van der Waals surface area contributed by atoms with Gasteiger partial charge in [0.2, 0.25) is 5.91 Å². The fourth-order valence-corrected chi connectivity index (χ4v) is 2.58. The molecule has 5 nitrogen and oxygen atoms in total. The van der Waals surface area contributed by atoms with Crippen LogP contribution in [0.15, 0.2) is 6.07 Å². The number of piperidine rings is 1. The molecular weight excluding hydrogens is 228 g/mol. The van der Waals surface area contributed by atoms with E-state index in [4.69, 9.17) is 5.73 Å². The van der Waals surface area contributed by atoms with E-state index >= 15 is 0 Å². The van der Waals surface area contributed by atoms with Gasteiger partial charge in [0.1, 0.15) is 5.82 Å². The molecule has 1 aliphatic heterocycles. The van der Waals surface area contributed by atoms with Crippen LogP contribution in [0.25, 0.3) is 0 Å². The molecule has 1 aliphatic rings. The highest BCUT2D eigenvalue weighted by molar-refractivity contribution is 5.76. The first-order valence-corrected chi connectivity index (χ1v) is 6.41. The molecule has 0 radical (unpaired) electrons. The molecule has 0 bridgehead atoms. The summed E-state index contributed by atoms with van der Waals surface area (Å²) in [7, 11) is 0. The van der Waals surface area contributed by atoms with Crippen LogP contribution in [0.4, 0.5) is 0 Å². The van der Waals surface area contributed by atoms with Crippen LogP contribution in [0.2, 0.25) is 0 Å². The lowest BCUT2D eigenvalue weighted by molar-refractivity contribution is -0.120. The number of hydrogen-bond donors (Lipinski definition) is 1. The van der Waals surface area contributed by atoms with Crippen LogP contribution in [0.1, 0.15) is 42.5 Å². The average Bonchev–Trinajstić information content (AvgIpc) is 2.27. The van der Waals surface area contributed by atoms with Gasteiger partial charge in [0.25, 0.3) is 0 Å². The van der Waals surface area contributed by atoms with Crippen molar-refractivity contribution in [2.45, 2.75) is 39.2 Å². The van der Waals surface area contributed by atoms with E-state index < -0.39 is 0 Å². The molecule has 1 saturated heterocycles. The van der Waals surface area contributed by atoms with Crippen LogP contribution < -0.4 is 5.73 Å². The topological polar surface area (TPSA) is 72.1 Å². The molecule has 0 spiro atoms. The zero-order chi connectivity index (χ0) is 13.1. The van der Waals surface area contributed by atoms with Crippen LogP contribution >= 0.6 is 0 Å². The Hall–Kier alpha value is -1.49. The first-order chi connectivity index (χ1) is 8.56. The largest absolute Gasteiger partial charge is 0.369 e. The molecule has 0 aromatic carbocycles. The summed E-state index contributed by atoms with van der Waals surface area (Å²) in [6.45, 7) is 5.13. The number of nitrogens with two attached hydrogens (primary N) is 1. The van der Waals surface area contributed by atoms with Crippen molar-refractivity contribution >= 4 is 5.91 Å². The Balaban J connectivity index is 2.24. The molecule has 1 amide bonds. The summed E-state index contributed by atoms with van der Waals surface area (Å²) in [6.07, 6.45) is 3.25. The van der Waals surface area contributed by atoms with Gasteiger partial charge in [0.05, 0.1) is 12.6 Å². The van der Waals surface area contributed by atoms with E-state index in [0.717, 1.165) is 43.0 Å². The monoisotopic (exact) mass is 248 g/mol. The highest BCUT2D eigenvalue weighted by Gasteiger charge is 2.27. The number of likely N-dealkylation sites (tertiary alicyclic amines) is 1. The van der Waals surface area contributed by atoms with E-state index in [1.54, 1.807) is 0 Å². The fraction of sp³-hybridized carbons (Fsp3) is 0.615. The van der Waals surface area contributed by atoms with Gasteiger partial charge in [-0.2, -0.15) is 0 Å². The molecule has 0 unspecified atom stereocenters. The normalized spacial score (nSPS) is 20.9. The van der Waals surface area contributed by atoms with Crippen molar-refractivity contribution in [2.75, 3.05) is 13.1 Å². The Morgan fingerprint density at radius 3 is 2.67 bits per heavy atom. The molecular formula is C13H20N4O. The lowest BCUT2D eigenvalue weighted by atomic mass is 10.0. The number of hydrogen-bond acceptors (Lipinski definition) is 4. The molecule has 98 valence electrons. The second-order valence-corrected chi connectivity index (χ2v) is 4.96. The Kier molecular flexibility index (Phi) is 3.91. The SMILES string of the molecule is Cc1cc(C)nc([C@@H]2CCCCN2CC(N)=O)n1. The summed E-state index contributed by atoms with van der Waals surface area (Å²) in [5.74, 6) is 0.541. The Morgan fingerprint density at radius 2 is 2.06 bits per heavy atom. The first-order valence-electron chi connectivity index (χ1n) is 6.41. The number of rotatable bonds is 3. The third kappa shape index (κ3) is 3.04. The van der Waals surface area contributed by atoms with Crippen molar-refractivity contribution in [3.8, 4) is 0 Å². The molecule has 5 heteroatoms. The molecule has 2 heterocycles. The molecule has 2 rings (SSSR count). The number of nitrogens with zero attached hydrogens (tertiary/aromatic N) is 3. The van der Waals surface area contributed by atoms with Gasteiger partial charge >= 0.3 is 0 Å². The lowest BCUT2D eigenvalue weighted by Crippen LogP contribution is -2.40. The minimum Gasteiger partial charge on any atom is -0.369 e. The summed E-state index contributed by atoms with van der Waals surface area (Å²) in [4.78, 5) is 22.2. The van der Waals surface area contributed by atoms with Crippen LogP contribution in [-0.2, 0) is 4.79 Å². The van der Waals surface area contributed by atoms with Crippen molar-refractivity contribution in [1.29, 1.82) is 0 Å². The molecule has 18 heavy (non-hydrogen) atoms. The maximum Gasteiger partial charge on any atom is 0.231 e. The van der Waals surface area contributed by atoms with Crippen LogP contribution in [-0.4, -0.2) is 33.9 Å². The standard InChI is InChI=1S/C13H20N4O/c1-9-7-10(2)16-13(15-9)11-5-3-4-6-17(11)8-12(14)18/h7,11H,3-6,8H2,1-2H3,(H2,14,18)/t11-/m0/s1. The first kappa shape index (κ1) is 13.0. The predicted octanol–water partition coefficient (Wildman–Crippen LogP) is 1.11. The average molecular weight is 248 g/mol. The molecule has 2 N–H and O–H groups in total. The van der Waals surface area contributed by atoms with Crippen molar-refractivity contribution in [3.05, 3.63) is 23.3 Å². The van der Waals surface area contributed by atoms with E-state index in [0.29, 0.717) is 6.54 Å². The zero-order valence-electron chi connectivity index (χ0n) is 11.0. The van der Waals surface area contributed by atoms with E-state index in [1.807, 2.05) is 19.9 Å². The van der Waals surface area contributed by atoms with E-state index in [9.17, 15) is 4.79 Å². The molecule has 0 aliphatic carbocycles. The predicted molar refractivity (Wildman–Crippen MR) is 68.9 cm³/mol. The molecule has 1 aromatic heterocycles. The third-order valence-electron chi connectivity index (χ3n) is 3.27. The number of carbonyl (C=O) groups is 1. The van der Waals surface area contributed by atoms with Gasteiger partial charge in [0.15, 0.2) is 0 Å². The summed E-state index contributed by atoms with van der Waals surface area (Å²) in [6, 6.07) is 2.09. The Morgan fingerprint density at radius 1 is 1.39 bits per heavy atom. The number of amides is 1. The smallest absolute Gasteiger partial charge is 0.231 e. The van der Waals surface area contributed by atoms with Gasteiger partial charge in [-0.1, -0.05) is 6.42 Å². The highest BCUT2D eigenvalue weighted by Crippen LogP contribution is 2.28. The van der Waals surface area contributed by atoms with Gasteiger partial charge in [-0.05, 0) is 39.3 Å². The number of primary amides is 1. The summed E-state index contributed by atoms with van der Waals surface area (Å²) in [5.41, 5.74) is 7.25. The minimum atomic E-state index is -0.286. The van der Waals surface area contributed by atoms with Gasteiger partial charge in [-0.15, -0.1) is 0 Å². The molecule has 1 fully saturated rings. The van der Waals surface area contributed by atoms with Crippen LogP contribution in [0.3, 0.4) is 0 Å². The highest BCUT2D eigenvalue weighted by atomic mass is 16.1.